The van der Waals surface area contributed by atoms with E-state index in [1.165, 1.54) is 32.8 Å². The van der Waals surface area contributed by atoms with Crippen molar-refractivity contribution in [3.63, 3.8) is 0 Å². The molecule has 8 saturated carbocycles. The average Bonchev–Trinajstić information content (AvgIpc) is 2.64. The van der Waals surface area contributed by atoms with Crippen LogP contribution in [0.2, 0.25) is 0 Å². The van der Waals surface area contributed by atoms with Gasteiger partial charge < -0.3 is 14.6 Å². The maximum absolute atomic E-state index is 11.9. The van der Waals surface area contributed by atoms with Crippen molar-refractivity contribution in [3.05, 3.63) is 0 Å². The summed E-state index contributed by atoms with van der Waals surface area (Å²) in [5.41, 5.74) is -0.949. The van der Waals surface area contributed by atoms with Gasteiger partial charge in [0.1, 0.15) is 0 Å². The Morgan fingerprint density at radius 2 is 1.03 bits per heavy atom. The molecule has 0 amide bonds. The first-order valence-corrected chi connectivity index (χ1v) is 11.7. The van der Waals surface area contributed by atoms with Crippen molar-refractivity contribution in [1.82, 2.24) is 0 Å². The zero-order chi connectivity index (χ0) is 20.4. The van der Waals surface area contributed by atoms with Gasteiger partial charge in [0.2, 0.25) is 0 Å². The minimum Gasteiger partial charge on any atom is -0.469 e. The second-order valence-electron chi connectivity index (χ2n) is 11.6. The molecule has 0 heterocycles. The lowest BCUT2D eigenvalue weighted by atomic mass is 9.48. The fourth-order valence-electron chi connectivity index (χ4n) is 9.25. The molecule has 8 bridgehead atoms. The van der Waals surface area contributed by atoms with Crippen LogP contribution in [0.25, 0.3) is 0 Å². The second-order valence-corrected chi connectivity index (χ2v) is 11.6. The highest BCUT2D eigenvalue weighted by Gasteiger charge is 2.60. The van der Waals surface area contributed by atoms with Crippen molar-refractivity contribution in [2.45, 2.75) is 82.7 Å². The molecule has 8 aliphatic carbocycles. The fraction of sp³-hybridized carbons (Fsp3) is 0.917. The van der Waals surface area contributed by atoms with Gasteiger partial charge >= 0.3 is 11.9 Å². The molecule has 5 nitrogen and oxygen atoms in total. The third-order valence-corrected chi connectivity index (χ3v) is 9.31. The van der Waals surface area contributed by atoms with E-state index in [2.05, 4.69) is 0 Å². The maximum atomic E-state index is 11.9. The lowest BCUT2D eigenvalue weighted by Gasteiger charge is -2.58. The number of esters is 2. The summed E-state index contributed by atoms with van der Waals surface area (Å²) in [6.07, 6.45) is 13.0. The first-order chi connectivity index (χ1) is 13.8. The van der Waals surface area contributed by atoms with Crippen LogP contribution in [0.1, 0.15) is 77.0 Å². The Bertz CT molecular complexity index is 648. The summed E-state index contributed by atoms with van der Waals surface area (Å²) < 4.78 is 9.93. The molecule has 0 aliphatic heterocycles. The molecule has 0 saturated heterocycles. The monoisotopic (exact) mass is 404 g/mol. The average molecular weight is 405 g/mol. The second kappa shape index (κ2) is 6.70. The molecule has 29 heavy (non-hydrogen) atoms. The number of methoxy groups -OCH3 is 2. The van der Waals surface area contributed by atoms with Crippen molar-refractivity contribution >= 4 is 11.9 Å². The van der Waals surface area contributed by atoms with Crippen molar-refractivity contribution in [1.29, 1.82) is 0 Å². The van der Waals surface area contributed by atoms with E-state index in [1.54, 1.807) is 7.11 Å². The summed E-state index contributed by atoms with van der Waals surface area (Å²) >= 11 is 0. The van der Waals surface area contributed by atoms with Crippen LogP contribution >= 0.6 is 0 Å². The van der Waals surface area contributed by atoms with Gasteiger partial charge in [-0.05, 0) is 107 Å². The first kappa shape index (κ1) is 19.8. The highest BCUT2D eigenvalue weighted by Crippen LogP contribution is 2.62. The van der Waals surface area contributed by atoms with Gasteiger partial charge in [-0.2, -0.15) is 0 Å². The van der Waals surface area contributed by atoms with Gasteiger partial charge in [-0.3, -0.25) is 9.59 Å². The summed E-state index contributed by atoms with van der Waals surface area (Å²) in [7, 11) is 3.01. The normalized spacial score (nSPS) is 50.7. The SMILES string of the molecule is COC(=O)C12CC3CC(CC(C3)C1)C2.COC(=O)C12CC3CC(CC(O)(C3)C1)C2. The highest BCUT2D eigenvalue weighted by molar-refractivity contribution is 5.78. The van der Waals surface area contributed by atoms with E-state index in [0.717, 1.165) is 62.7 Å². The Hall–Kier alpha value is -1.10. The number of carbonyl (C=O) groups excluding carboxylic acids is 2. The fourth-order valence-corrected chi connectivity index (χ4v) is 9.25. The summed E-state index contributed by atoms with van der Waals surface area (Å²) in [6, 6.07) is 0. The Balaban J connectivity index is 0.000000125. The van der Waals surface area contributed by atoms with E-state index in [1.807, 2.05) is 0 Å². The number of rotatable bonds is 2. The van der Waals surface area contributed by atoms with Gasteiger partial charge in [0.05, 0.1) is 30.7 Å². The van der Waals surface area contributed by atoms with Crippen molar-refractivity contribution in [3.8, 4) is 0 Å². The Morgan fingerprint density at radius 1 is 0.655 bits per heavy atom. The van der Waals surface area contributed by atoms with E-state index in [9.17, 15) is 14.7 Å². The van der Waals surface area contributed by atoms with E-state index in [4.69, 9.17) is 9.47 Å². The number of ether oxygens (including phenoxy) is 2. The van der Waals surface area contributed by atoms with Crippen LogP contribution < -0.4 is 0 Å². The summed E-state index contributed by atoms with van der Waals surface area (Å²) in [5.74, 6) is 3.60. The molecule has 8 aliphatic rings. The predicted octanol–water partition coefficient (Wildman–Crippen LogP) is 3.87. The van der Waals surface area contributed by atoms with Crippen LogP contribution in [-0.4, -0.2) is 36.9 Å². The molecule has 2 atom stereocenters. The largest absolute Gasteiger partial charge is 0.469 e. The Labute approximate surface area is 173 Å². The van der Waals surface area contributed by atoms with Crippen LogP contribution in [0.15, 0.2) is 0 Å². The van der Waals surface area contributed by atoms with Crippen LogP contribution in [-0.2, 0) is 19.1 Å². The molecular weight excluding hydrogens is 368 g/mol. The zero-order valence-electron chi connectivity index (χ0n) is 18.0. The van der Waals surface area contributed by atoms with E-state index >= 15 is 0 Å². The van der Waals surface area contributed by atoms with Gasteiger partial charge in [-0.15, -0.1) is 0 Å². The van der Waals surface area contributed by atoms with E-state index < -0.39 is 5.60 Å². The number of hydrogen-bond acceptors (Lipinski definition) is 5. The molecule has 0 aromatic heterocycles. The summed E-state index contributed by atoms with van der Waals surface area (Å²) in [6.45, 7) is 0. The first-order valence-electron chi connectivity index (χ1n) is 11.7. The van der Waals surface area contributed by atoms with Crippen molar-refractivity contribution in [2.75, 3.05) is 14.2 Å². The molecule has 0 spiro atoms. The number of hydrogen-bond donors (Lipinski definition) is 1. The van der Waals surface area contributed by atoms with Crippen LogP contribution in [0, 0.1) is 40.4 Å². The third-order valence-electron chi connectivity index (χ3n) is 9.31. The van der Waals surface area contributed by atoms with Crippen LogP contribution in [0.3, 0.4) is 0 Å². The quantitative estimate of drug-likeness (QED) is 0.708. The topological polar surface area (TPSA) is 72.8 Å². The van der Waals surface area contributed by atoms with Crippen LogP contribution in [0.4, 0.5) is 0 Å². The summed E-state index contributed by atoms with van der Waals surface area (Å²) in [5, 5.41) is 10.4. The van der Waals surface area contributed by atoms with Gasteiger partial charge in [0.15, 0.2) is 0 Å². The molecule has 1 N–H and O–H groups in total. The molecule has 0 radical (unpaired) electrons. The predicted molar refractivity (Wildman–Crippen MR) is 107 cm³/mol. The maximum Gasteiger partial charge on any atom is 0.311 e. The third kappa shape index (κ3) is 3.23. The highest BCUT2D eigenvalue weighted by atomic mass is 16.5. The smallest absolute Gasteiger partial charge is 0.311 e. The van der Waals surface area contributed by atoms with Gasteiger partial charge in [-0.25, -0.2) is 0 Å². The lowest BCUT2D eigenvalue weighted by Crippen LogP contribution is -2.58. The minimum atomic E-state index is -0.557. The number of aliphatic hydroxyl groups is 1. The molecule has 162 valence electrons. The van der Waals surface area contributed by atoms with Gasteiger partial charge in [0, 0.05) is 0 Å². The standard InChI is InChI=1S/C12H18O3.C12H18O2/c1-15-10(13)11-3-8-2-9(4-11)6-12(14,5-8)7-11;1-14-11(13)12-5-8-2-9(6-12)4-10(3-8)7-12/h8-9,14H,2-7H2,1H3;8-10H,2-7H2,1H3. The minimum absolute atomic E-state index is 0.0521. The number of carbonyl (C=O) groups is 2. The Kier molecular flexibility index (Phi) is 4.58. The van der Waals surface area contributed by atoms with E-state index in [0.29, 0.717) is 18.3 Å². The van der Waals surface area contributed by atoms with E-state index in [-0.39, 0.29) is 22.8 Å². The van der Waals surface area contributed by atoms with Gasteiger partial charge in [0.25, 0.3) is 0 Å². The molecule has 8 rings (SSSR count). The van der Waals surface area contributed by atoms with Gasteiger partial charge in [-0.1, -0.05) is 0 Å². The summed E-state index contributed by atoms with van der Waals surface area (Å²) in [4.78, 5) is 23.7. The molecule has 5 heteroatoms. The molecule has 2 unspecified atom stereocenters. The van der Waals surface area contributed by atoms with Crippen LogP contribution in [0.5, 0.6) is 0 Å². The lowest BCUT2D eigenvalue weighted by molar-refractivity contribution is -0.193. The Morgan fingerprint density at radius 3 is 1.45 bits per heavy atom. The van der Waals surface area contributed by atoms with Crippen molar-refractivity contribution < 1.29 is 24.2 Å². The molecular formula is C24H36O5. The molecule has 8 fully saturated rings. The molecule has 0 aromatic rings. The van der Waals surface area contributed by atoms with Crippen molar-refractivity contribution in [2.24, 2.45) is 40.4 Å². The molecule has 0 aromatic carbocycles. The zero-order valence-corrected chi connectivity index (χ0v) is 18.0.